The maximum Gasteiger partial charge on any atom is 0.138 e. The highest BCUT2D eigenvalue weighted by atomic mass is 32.2. The zero-order valence-corrected chi connectivity index (χ0v) is 17.4. The third kappa shape index (κ3) is 4.25. The molecule has 0 fully saturated rings. The van der Waals surface area contributed by atoms with Gasteiger partial charge in [-0.25, -0.2) is 17.6 Å². The molecule has 0 atom stereocenters. The van der Waals surface area contributed by atoms with Gasteiger partial charge < -0.3 is 0 Å². The van der Waals surface area contributed by atoms with Crippen LogP contribution in [0.4, 0.5) is 17.6 Å². The van der Waals surface area contributed by atoms with Crippen molar-refractivity contribution in [2.75, 3.05) is 0 Å². The molecule has 0 aliphatic carbocycles. The van der Waals surface area contributed by atoms with Gasteiger partial charge >= 0.3 is 0 Å². The van der Waals surface area contributed by atoms with E-state index in [0.717, 1.165) is 11.6 Å². The van der Waals surface area contributed by atoms with E-state index in [-0.39, 0.29) is 27.1 Å². The Balaban J connectivity index is 1.70. The fourth-order valence-electron chi connectivity index (χ4n) is 3.54. The Bertz CT molecular complexity index is 1330. The van der Waals surface area contributed by atoms with Crippen LogP contribution < -0.4 is 0 Å². The third-order valence-electron chi connectivity index (χ3n) is 5.08. The molecule has 0 aliphatic heterocycles. The van der Waals surface area contributed by atoms with E-state index < -0.39 is 24.1 Å². The lowest BCUT2D eigenvalue weighted by Crippen LogP contribution is -1.94. The summed E-state index contributed by atoms with van der Waals surface area (Å²) < 4.78 is 57.4. The number of nitriles is 1. The molecule has 0 radical (unpaired) electrons. The zero-order chi connectivity index (χ0) is 22.7. The minimum atomic E-state index is -0.993. The fraction of sp³-hybridized carbons (Fsp3) is 0.0385. The van der Waals surface area contributed by atoms with E-state index >= 15 is 0 Å². The second-order valence-corrected chi connectivity index (χ2v) is 7.82. The maximum atomic E-state index is 14.9. The van der Waals surface area contributed by atoms with Crippen LogP contribution in [0.2, 0.25) is 0 Å². The summed E-state index contributed by atoms with van der Waals surface area (Å²) in [6.45, 7) is -0.993. The summed E-state index contributed by atoms with van der Waals surface area (Å²) in [5, 5.41) is 10.5. The molecule has 158 valence electrons. The molecule has 0 aromatic heterocycles. The largest absolute Gasteiger partial charge is 0.246 e. The number of thiocyanates is 1. The van der Waals surface area contributed by atoms with Gasteiger partial charge in [-0.05, 0) is 58.3 Å². The topological polar surface area (TPSA) is 23.8 Å². The van der Waals surface area contributed by atoms with Crippen molar-refractivity contribution in [2.24, 2.45) is 0 Å². The molecule has 4 aromatic carbocycles. The van der Waals surface area contributed by atoms with Gasteiger partial charge in [-0.2, -0.15) is 5.26 Å². The predicted octanol–water partition coefficient (Wildman–Crippen LogP) is 8.15. The lowest BCUT2D eigenvalue weighted by molar-refractivity contribution is 0.473. The van der Waals surface area contributed by atoms with Gasteiger partial charge in [0.15, 0.2) is 0 Å². The number of rotatable bonds is 5. The van der Waals surface area contributed by atoms with Crippen LogP contribution in [-0.2, 0) is 6.67 Å². The highest BCUT2D eigenvalue weighted by Crippen LogP contribution is 2.35. The average Bonchev–Trinajstić information content (AvgIpc) is 2.80. The summed E-state index contributed by atoms with van der Waals surface area (Å²) in [5.41, 5.74) is 2.28. The summed E-state index contributed by atoms with van der Waals surface area (Å²) in [5.74, 6) is -1.99. The Hall–Kier alpha value is -3.56. The van der Waals surface area contributed by atoms with Crippen molar-refractivity contribution in [3.05, 3.63) is 102 Å². The quantitative estimate of drug-likeness (QED) is 0.174. The summed E-state index contributed by atoms with van der Waals surface area (Å²) >= 11 is 0.517. The molecular formula is C26H15F4NS. The van der Waals surface area contributed by atoms with Gasteiger partial charge in [0.1, 0.15) is 29.5 Å². The minimum Gasteiger partial charge on any atom is -0.246 e. The third-order valence-corrected chi connectivity index (χ3v) is 5.83. The van der Waals surface area contributed by atoms with Crippen LogP contribution in [0.25, 0.3) is 33.4 Å². The average molecular weight is 449 g/mol. The van der Waals surface area contributed by atoms with Crippen LogP contribution in [-0.4, -0.2) is 0 Å². The molecule has 1 nitrogen and oxygen atoms in total. The Morgan fingerprint density at radius 1 is 0.656 bits per heavy atom. The summed E-state index contributed by atoms with van der Waals surface area (Å²) in [4.78, 5) is -0.114. The number of nitrogens with zero attached hydrogens (tertiary/aromatic N) is 1. The molecule has 0 aliphatic rings. The van der Waals surface area contributed by atoms with Crippen LogP contribution in [0.3, 0.4) is 0 Å². The van der Waals surface area contributed by atoms with Crippen molar-refractivity contribution < 1.29 is 17.6 Å². The number of halogens is 4. The zero-order valence-electron chi connectivity index (χ0n) is 16.6. The second kappa shape index (κ2) is 9.29. The lowest BCUT2D eigenvalue weighted by atomic mass is 9.96. The van der Waals surface area contributed by atoms with Crippen molar-refractivity contribution in [1.29, 1.82) is 5.26 Å². The normalized spacial score (nSPS) is 10.7. The summed E-state index contributed by atoms with van der Waals surface area (Å²) in [7, 11) is 0. The van der Waals surface area contributed by atoms with Crippen molar-refractivity contribution in [1.82, 2.24) is 0 Å². The second-order valence-electron chi connectivity index (χ2n) is 7.03. The monoisotopic (exact) mass is 449 g/mol. The van der Waals surface area contributed by atoms with Crippen molar-refractivity contribution in [3.8, 4) is 38.8 Å². The van der Waals surface area contributed by atoms with E-state index in [9.17, 15) is 17.6 Å². The first-order chi connectivity index (χ1) is 15.5. The van der Waals surface area contributed by atoms with Crippen LogP contribution in [0, 0.1) is 28.1 Å². The maximum absolute atomic E-state index is 14.9. The lowest BCUT2D eigenvalue weighted by Gasteiger charge is -2.11. The summed E-state index contributed by atoms with van der Waals surface area (Å²) in [6.07, 6.45) is 0. The van der Waals surface area contributed by atoms with E-state index in [2.05, 4.69) is 0 Å². The molecule has 32 heavy (non-hydrogen) atoms. The van der Waals surface area contributed by atoms with Crippen LogP contribution >= 0.6 is 11.8 Å². The first-order valence-corrected chi connectivity index (χ1v) is 10.4. The van der Waals surface area contributed by atoms with Crippen LogP contribution in [0.15, 0.2) is 83.8 Å². The highest BCUT2D eigenvalue weighted by Gasteiger charge is 2.16. The van der Waals surface area contributed by atoms with E-state index in [1.165, 1.54) is 30.3 Å². The van der Waals surface area contributed by atoms with Crippen LogP contribution in [0.5, 0.6) is 0 Å². The van der Waals surface area contributed by atoms with Gasteiger partial charge in [0, 0.05) is 16.7 Å². The van der Waals surface area contributed by atoms with E-state index in [1.54, 1.807) is 17.5 Å². The first-order valence-electron chi connectivity index (χ1n) is 9.61. The van der Waals surface area contributed by atoms with E-state index in [4.69, 9.17) is 5.26 Å². The molecule has 6 heteroatoms. The number of alkyl halides is 1. The Labute approximate surface area is 187 Å². The fourth-order valence-corrected chi connectivity index (χ4v) is 4.03. The molecule has 0 amide bonds. The summed E-state index contributed by atoms with van der Waals surface area (Å²) in [6, 6.07) is 20.5. The van der Waals surface area contributed by atoms with Crippen molar-refractivity contribution >= 4 is 11.8 Å². The van der Waals surface area contributed by atoms with Gasteiger partial charge in [0.2, 0.25) is 0 Å². The SMILES string of the molecule is N#CSc1c(F)cc(-c2ccc(-c3ccc(-c4ccccc4)cc3F)cc2F)cc1CF. The number of hydrogen-bond acceptors (Lipinski definition) is 2. The van der Waals surface area contributed by atoms with Gasteiger partial charge in [-0.1, -0.05) is 54.6 Å². The Morgan fingerprint density at radius 3 is 1.88 bits per heavy atom. The standard InChI is InChI=1S/C26H15F4NS/c27-14-20-10-19(13-25(30)26(20)32-15-31)22-9-7-18(12-24(22)29)21-8-6-17(11-23(21)28)16-4-2-1-3-5-16/h1-13H,14H2. The molecule has 4 rings (SSSR count). The molecule has 4 aromatic rings. The minimum absolute atomic E-state index is 0.0300. The van der Waals surface area contributed by atoms with Gasteiger partial charge in [-0.3, -0.25) is 0 Å². The van der Waals surface area contributed by atoms with Crippen LogP contribution in [0.1, 0.15) is 5.56 Å². The van der Waals surface area contributed by atoms with Crippen molar-refractivity contribution in [2.45, 2.75) is 11.6 Å². The molecule has 0 heterocycles. The molecule has 0 saturated heterocycles. The number of hydrogen-bond donors (Lipinski definition) is 0. The van der Waals surface area contributed by atoms with Crippen molar-refractivity contribution in [3.63, 3.8) is 0 Å². The Morgan fingerprint density at radius 2 is 1.25 bits per heavy atom. The Kier molecular flexibility index (Phi) is 6.29. The molecule has 0 spiro atoms. The molecule has 0 bridgehead atoms. The number of thioether (sulfide) groups is 1. The molecule has 0 saturated carbocycles. The van der Waals surface area contributed by atoms with Gasteiger partial charge in [0.05, 0.1) is 4.90 Å². The highest BCUT2D eigenvalue weighted by molar-refractivity contribution is 8.03. The molecular weight excluding hydrogens is 434 g/mol. The van der Waals surface area contributed by atoms with Gasteiger partial charge in [0.25, 0.3) is 0 Å². The van der Waals surface area contributed by atoms with E-state index in [0.29, 0.717) is 22.9 Å². The predicted molar refractivity (Wildman–Crippen MR) is 119 cm³/mol. The van der Waals surface area contributed by atoms with Gasteiger partial charge in [-0.15, -0.1) is 0 Å². The van der Waals surface area contributed by atoms with E-state index in [1.807, 2.05) is 30.3 Å². The smallest absolute Gasteiger partial charge is 0.138 e. The molecule has 0 unspecified atom stereocenters. The number of benzene rings is 4. The molecule has 0 N–H and O–H groups in total. The first kappa shape index (κ1) is 21.7.